The lowest BCUT2D eigenvalue weighted by Crippen LogP contribution is -1.86. The van der Waals surface area contributed by atoms with E-state index in [-0.39, 0.29) is 5.24 Å². The highest BCUT2D eigenvalue weighted by molar-refractivity contribution is 6.63. The van der Waals surface area contributed by atoms with Crippen LogP contribution >= 0.6 is 11.6 Å². The monoisotopic (exact) mass is 384 g/mol. The van der Waals surface area contributed by atoms with Crippen molar-refractivity contribution in [3.63, 3.8) is 0 Å². The van der Waals surface area contributed by atoms with Gasteiger partial charge in [0.1, 0.15) is 0 Å². The zero-order valence-corrected chi connectivity index (χ0v) is 18.3. The van der Waals surface area contributed by atoms with E-state index in [0.29, 0.717) is 6.42 Å². The molecule has 0 rings (SSSR count). The summed E-state index contributed by atoms with van der Waals surface area (Å²) in [5, 5.41) is -0.186. The summed E-state index contributed by atoms with van der Waals surface area (Å²) in [6.07, 6.45) is 30.8. The molecular weight excluding hydrogens is 340 g/mol. The highest BCUT2D eigenvalue weighted by Crippen LogP contribution is 2.12. The average Bonchev–Trinajstić information content (AvgIpc) is 2.62. The number of hydrogen-bond donors (Lipinski definition) is 0. The van der Waals surface area contributed by atoms with Crippen LogP contribution in [0.3, 0.4) is 0 Å². The Balaban J connectivity index is 3.08. The molecule has 26 heavy (non-hydrogen) atoms. The van der Waals surface area contributed by atoms with Crippen molar-refractivity contribution in [3.8, 4) is 0 Å². The molecule has 2 heteroatoms. The van der Waals surface area contributed by atoms with Gasteiger partial charge in [0.25, 0.3) is 0 Å². The van der Waals surface area contributed by atoms with Crippen LogP contribution in [0.4, 0.5) is 0 Å². The number of rotatable bonds is 21. The summed E-state index contributed by atoms with van der Waals surface area (Å²) in [4.78, 5) is 10.6. The largest absolute Gasteiger partial charge is 0.281 e. The predicted molar refractivity (Wildman–Crippen MR) is 118 cm³/mol. The first-order valence-electron chi connectivity index (χ1n) is 11.6. The van der Waals surface area contributed by atoms with Crippen LogP contribution < -0.4 is 0 Å². The summed E-state index contributed by atoms with van der Waals surface area (Å²) in [6.45, 7) is 2.28. The highest BCUT2D eigenvalue weighted by Gasteiger charge is 1.96. The molecule has 0 N–H and O–H groups in total. The molecule has 0 bridgehead atoms. The van der Waals surface area contributed by atoms with Gasteiger partial charge in [0.2, 0.25) is 5.24 Å². The second-order valence-electron chi connectivity index (χ2n) is 7.81. The molecule has 1 nitrogen and oxygen atoms in total. The minimum atomic E-state index is -0.186. The van der Waals surface area contributed by atoms with Gasteiger partial charge in [-0.1, -0.05) is 109 Å². The van der Waals surface area contributed by atoms with Crippen molar-refractivity contribution >= 4 is 16.8 Å². The summed E-state index contributed by atoms with van der Waals surface area (Å²) in [5.74, 6) is 0. The van der Waals surface area contributed by atoms with Crippen molar-refractivity contribution < 1.29 is 4.79 Å². The van der Waals surface area contributed by atoms with E-state index in [1.165, 1.54) is 109 Å². The van der Waals surface area contributed by atoms with Crippen LogP contribution in [0.2, 0.25) is 0 Å². The fourth-order valence-electron chi connectivity index (χ4n) is 3.40. The first kappa shape index (κ1) is 25.7. The van der Waals surface area contributed by atoms with Crippen LogP contribution in [-0.4, -0.2) is 5.24 Å². The quantitative estimate of drug-likeness (QED) is 0.109. The van der Waals surface area contributed by atoms with Crippen LogP contribution in [-0.2, 0) is 4.79 Å². The summed E-state index contributed by atoms with van der Waals surface area (Å²) in [7, 11) is 0. The SMILES string of the molecule is CCCCCCCCCCCC/C=C/CCCCCCCCCC(=O)Cl. The Hall–Kier alpha value is -0.300. The Morgan fingerprint density at radius 3 is 1.31 bits per heavy atom. The van der Waals surface area contributed by atoms with E-state index in [9.17, 15) is 4.79 Å². The molecule has 0 saturated heterocycles. The van der Waals surface area contributed by atoms with Crippen molar-refractivity contribution in [2.45, 2.75) is 135 Å². The lowest BCUT2D eigenvalue weighted by atomic mass is 10.1. The summed E-state index contributed by atoms with van der Waals surface area (Å²) in [6, 6.07) is 0. The van der Waals surface area contributed by atoms with Crippen molar-refractivity contribution in [1.29, 1.82) is 0 Å². The maximum atomic E-state index is 10.6. The molecule has 0 aliphatic carbocycles. The van der Waals surface area contributed by atoms with E-state index in [4.69, 9.17) is 11.6 Å². The van der Waals surface area contributed by atoms with Gasteiger partial charge in [0.15, 0.2) is 0 Å². The van der Waals surface area contributed by atoms with E-state index >= 15 is 0 Å². The van der Waals surface area contributed by atoms with Crippen molar-refractivity contribution in [2.24, 2.45) is 0 Å². The van der Waals surface area contributed by atoms with Crippen LogP contribution in [0.1, 0.15) is 135 Å². The Bertz CT molecular complexity index is 311. The third-order valence-electron chi connectivity index (χ3n) is 5.14. The Morgan fingerprint density at radius 1 is 0.577 bits per heavy atom. The predicted octanol–water partition coefficient (Wildman–Crippen LogP) is 9.13. The van der Waals surface area contributed by atoms with Gasteiger partial charge in [-0.2, -0.15) is 0 Å². The van der Waals surface area contributed by atoms with Gasteiger partial charge in [0, 0.05) is 6.42 Å². The molecule has 0 radical (unpaired) electrons. The minimum Gasteiger partial charge on any atom is -0.281 e. The Kier molecular flexibility index (Phi) is 22.5. The van der Waals surface area contributed by atoms with Crippen LogP contribution in [0.5, 0.6) is 0 Å². The lowest BCUT2D eigenvalue weighted by molar-refractivity contribution is -0.111. The van der Waals surface area contributed by atoms with E-state index < -0.39 is 0 Å². The topological polar surface area (TPSA) is 17.1 Å². The van der Waals surface area contributed by atoms with Crippen molar-refractivity contribution in [2.75, 3.05) is 0 Å². The smallest absolute Gasteiger partial charge is 0.221 e. The first-order chi connectivity index (χ1) is 12.8. The van der Waals surface area contributed by atoms with Gasteiger partial charge in [-0.05, 0) is 43.7 Å². The van der Waals surface area contributed by atoms with Gasteiger partial charge in [0.05, 0.1) is 0 Å². The third-order valence-corrected chi connectivity index (χ3v) is 5.32. The summed E-state index contributed by atoms with van der Waals surface area (Å²) >= 11 is 5.32. The second kappa shape index (κ2) is 22.7. The number of allylic oxidation sites excluding steroid dienone is 2. The molecular formula is C24H45ClO. The summed E-state index contributed by atoms with van der Waals surface area (Å²) in [5.41, 5.74) is 0. The molecule has 0 amide bonds. The molecule has 0 aliphatic heterocycles. The van der Waals surface area contributed by atoms with Crippen LogP contribution in [0.15, 0.2) is 12.2 Å². The van der Waals surface area contributed by atoms with Crippen LogP contribution in [0.25, 0.3) is 0 Å². The fraction of sp³-hybridized carbons (Fsp3) is 0.875. The lowest BCUT2D eigenvalue weighted by Gasteiger charge is -2.01. The molecule has 154 valence electrons. The van der Waals surface area contributed by atoms with Gasteiger partial charge < -0.3 is 0 Å². The van der Waals surface area contributed by atoms with Gasteiger partial charge >= 0.3 is 0 Å². The second-order valence-corrected chi connectivity index (χ2v) is 8.23. The zero-order chi connectivity index (χ0) is 19.1. The number of carbonyl (C=O) groups excluding carboxylic acids is 1. The highest BCUT2D eigenvalue weighted by atomic mass is 35.5. The van der Waals surface area contributed by atoms with E-state index in [2.05, 4.69) is 19.1 Å². The zero-order valence-electron chi connectivity index (χ0n) is 17.6. The molecule has 0 aromatic rings. The first-order valence-corrected chi connectivity index (χ1v) is 12.0. The van der Waals surface area contributed by atoms with Crippen molar-refractivity contribution in [1.82, 2.24) is 0 Å². The average molecular weight is 385 g/mol. The molecule has 0 heterocycles. The maximum absolute atomic E-state index is 10.6. The summed E-state index contributed by atoms with van der Waals surface area (Å²) < 4.78 is 0. The minimum absolute atomic E-state index is 0.186. The molecule has 0 spiro atoms. The van der Waals surface area contributed by atoms with E-state index in [0.717, 1.165) is 12.8 Å². The molecule has 0 atom stereocenters. The number of hydrogen-bond acceptors (Lipinski definition) is 1. The molecule has 0 unspecified atom stereocenters. The number of carbonyl (C=O) groups is 1. The molecule has 0 aromatic heterocycles. The van der Waals surface area contributed by atoms with E-state index in [1.54, 1.807) is 0 Å². The van der Waals surface area contributed by atoms with E-state index in [1.807, 2.05) is 0 Å². The molecule has 0 aromatic carbocycles. The maximum Gasteiger partial charge on any atom is 0.221 e. The molecule has 0 fully saturated rings. The number of unbranched alkanes of at least 4 members (excludes halogenated alkanes) is 17. The molecule has 0 saturated carbocycles. The molecule has 0 aliphatic rings. The van der Waals surface area contributed by atoms with Gasteiger partial charge in [-0.15, -0.1) is 0 Å². The van der Waals surface area contributed by atoms with Crippen LogP contribution in [0, 0.1) is 0 Å². The number of halogens is 1. The fourth-order valence-corrected chi connectivity index (χ4v) is 3.53. The standard InChI is InChI=1S/C24H45ClO/c1-2-3-4-5-6-7-8-9-10-11-12-13-14-15-16-17-18-19-20-21-22-23-24(25)26/h13-14H,2-12,15-23H2,1H3/b14-13+. The van der Waals surface area contributed by atoms with Gasteiger partial charge in [-0.3, -0.25) is 4.79 Å². The Labute approximate surface area is 169 Å². The normalized spacial score (nSPS) is 11.5. The third kappa shape index (κ3) is 23.7. The Morgan fingerprint density at radius 2 is 0.923 bits per heavy atom. The van der Waals surface area contributed by atoms with Gasteiger partial charge in [-0.25, -0.2) is 0 Å². The van der Waals surface area contributed by atoms with Crippen molar-refractivity contribution in [3.05, 3.63) is 12.2 Å².